The van der Waals surface area contributed by atoms with Crippen molar-refractivity contribution in [2.75, 3.05) is 18.1 Å². The molecule has 0 aromatic heterocycles. The second-order valence-corrected chi connectivity index (χ2v) is 8.25. The van der Waals surface area contributed by atoms with Gasteiger partial charge < -0.3 is 14.4 Å². The Kier molecular flexibility index (Phi) is 7.65. The Morgan fingerprint density at radius 2 is 1.89 bits per heavy atom. The highest BCUT2D eigenvalue weighted by atomic mass is 35.5. The average molecular weight is 429 g/mol. The number of nitrogens with zero attached hydrogens (tertiary/aromatic N) is 1. The maximum atomic E-state index is 13.3. The van der Waals surface area contributed by atoms with Crippen LogP contribution < -0.4 is 9.50 Å². The third-order valence-electron chi connectivity index (χ3n) is 3.78. The molecule has 1 N–H and O–H groups in total. The van der Waals surface area contributed by atoms with E-state index in [1.165, 1.54) is 30.3 Å². The molecule has 0 saturated heterocycles. The van der Waals surface area contributed by atoms with E-state index in [0.29, 0.717) is 18.8 Å². The van der Waals surface area contributed by atoms with Crippen LogP contribution in [-0.2, 0) is 16.7 Å². The van der Waals surface area contributed by atoms with Crippen molar-refractivity contribution < 1.29 is 21.8 Å². The highest BCUT2D eigenvalue weighted by molar-refractivity contribution is 7.86. The fraction of sp³-hybridized carbons (Fsp3) is 0.316. The van der Waals surface area contributed by atoms with Crippen molar-refractivity contribution in [3.63, 3.8) is 0 Å². The van der Waals surface area contributed by atoms with Crippen LogP contribution >= 0.6 is 11.6 Å². The number of amides is 2. The molecule has 0 bridgehead atoms. The van der Waals surface area contributed by atoms with Crippen LogP contribution in [0.3, 0.4) is 0 Å². The fourth-order valence-electron chi connectivity index (χ4n) is 2.42. The third-order valence-corrected chi connectivity index (χ3v) is 4.57. The second-order valence-electron chi connectivity index (χ2n) is 6.27. The van der Waals surface area contributed by atoms with Gasteiger partial charge >= 0.3 is 16.1 Å². The molecule has 0 unspecified atom stereocenters. The highest BCUT2D eigenvalue weighted by Crippen LogP contribution is 2.20. The van der Waals surface area contributed by atoms with Gasteiger partial charge in [0.25, 0.3) is 0 Å². The van der Waals surface area contributed by atoms with Crippen molar-refractivity contribution in [2.45, 2.75) is 26.3 Å². The Morgan fingerprint density at radius 3 is 2.46 bits per heavy atom. The normalized spacial score (nSPS) is 11.1. The van der Waals surface area contributed by atoms with Crippen molar-refractivity contribution in [3.8, 4) is 5.75 Å². The standard InChI is InChI=1S/C19H22ClFN2O4S/c1-3-4-11-23(19(24)22-15-7-10-18(21)17(20)12-15)13-14-5-8-16(9-6-14)27-28(2,25)26/h5-10,12H,3-4,11,13H2,1-2H3,(H,22,24). The fourth-order valence-corrected chi connectivity index (χ4v) is 3.06. The number of rotatable bonds is 8. The van der Waals surface area contributed by atoms with Gasteiger partial charge in [-0.2, -0.15) is 8.42 Å². The third kappa shape index (κ3) is 7.01. The molecule has 2 amide bonds. The van der Waals surface area contributed by atoms with E-state index in [0.717, 1.165) is 24.7 Å². The summed E-state index contributed by atoms with van der Waals surface area (Å²) in [6.45, 7) is 2.87. The van der Waals surface area contributed by atoms with Crippen LogP contribution in [0.4, 0.5) is 14.9 Å². The monoisotopic (exact) mass is 428 g/mol. The maximum absolute atomic E-state index is 13.3. The zero-order chi connectivity index (χ0) is 20.7. The minimum absolute atomic E-state index is 0.0700. The Bertz CT molecular complexity index is 920. The van der Waals surface area contributed by atoms with Crippen LogP contribution in [0.1, 0.15) is 25.3 Å². The average Bonchev–Trinajstić information content (AvgIpc) is 2.62. The number of hydrogen-bond acceptors (Lipinski definition) is 4. The summed E-state index contributed by atoms with van der Waals surface area (Å²) in [7, 11) is -3.59. The minimum Gasteiger partial charge on any atom is -0.383 e. The van der Waals surface area contributed by atoms with E-state index in [4.69, 9.17) is 15.8 Å². The first-order chi connectivity index (χ1) is 13.2. The molecule has 0 spiro atoms. The molecule has 0 aliphatic carbocycles. The second kappa shape index (κ2) is 9.75. The number of carbonyl (C=O) groups is 1. The van der Waals surface area contributed by atoms with Gasteiger partial charge in [-0.1, -0.05) is 37.1 Å². The molecule has 2 rings (SSSR count). The van der Waals surface area contributed by atoms with Crippen LogP contribution in [0, 0.1) is 5.82 Å². The molecule has 0 aliphatic rings. The number of carbonyl (C=O) groups excluding carboxylic acids is 1. The lowest BCUT2D eigenvalue weighted by Crippen LogP contribution is -2.35. The number of urea groups is 1. The van der Waals surface area contributed by atoms with Gasteiger partial charge in [-0.3, -0.25) is 0 Å². The Balaban J connectivity index is 2.09. The van der Waals surface area contributed by atoms with E-state index in [-0.39, 0.29) is 16.8 Å². The van der Waals surface area contributed by atoms with Gasteiger partial charge in [0.15, 0.2) is 0 Å². The van der Waals surface area contributed by atoms with Crippen LogP contribution in [0.5, 0.6) is 5.75 Å². The van der Waals surface area contributed by atoms with Crippen molar-refractivity contribution in [1.82, 2.24) is 4.90 Å². The molecule has 6 nitrogen and oxygen atoms in total. The Labute approximate surface area is 169 Å². The number of halogens is 2. The molecule has 28 heavy (non-hydrogen) atoms. The van der Waals surface area contributed by atoms with Gasteiger partial charge in [0.1, 0.15) is 11.6 Å². The first-order valence-electron chi connectivity index (χ1n) is 8.67. The van der Waals surface area contributed by atoms with E-state index in [1.54, 1.807) is 17.0 Å². The number of benzene rings is 2. The van der Waals surface area contributed by atoms with E-state index in [1.807, 2.05) is 6.92 Å². The molecule has 0 aliphatic heterocycles. The zero-order valence-corrected chi connectivity index (χ0v) is 17.2. The number of anilines is 1. The summed E-state index contributed by atoms with van der Waals surface area (Å²) in [4.78, 5) is 14.3. The van der Waals surface area contributed by atoms with Crippen molar-refractivity contribution in [1.29, 1.82) is 0 Å². The molecule has 0 heterocycles. The lowest BCUT2D eigenvalue weighted by atomic mass is 10.2. The van der Waals surface area contributed by atoms with Crippen LogP contribution in [-0.4, -0.2) is 32.1 Å². The Morgan fingerprint density at radius 1 is 1.21 bits per heavy atom. The smallest absolute Gasteiger partial charge is 0.322 e. The molecule has 152 valence electrons. The van der Waals surface area contributed by atoms with Gasteiger partial charge in [0.05, 0.1) is 11.3 Å². The van der Waals surface area contributed by atoms with Crippen LogP contribution in [0.25, 0.3) is 0 Å². The number of nitrogens with one attached hydrogen (secondary N) is 1. The molecule has 0 fully saturated rings. The lowest BCUT2D eigenvalue weighted by molar-refractivity contribution is 0.208. The van der Waals surface area contributed by atoms with Gasteiger partial charge in [0, 0.05) is 18.8 Å². The number of hydrogen-bond donors (Lipinski definition) is 1. The SMILES string of the molecule is CCCCN(Cc1ccc(OS(C)(=O)=O)cc1)C(=O)Nc1ccc(F)c(Cl)c1. The Hall–Kier alpha value is -2.32. The molecular weight excluding hydrogens is 407 g/mol. The maximum Gasteiger partial charge on any atom is 0.322 e. The van der Waals surface area contributed by atoms with E-state index >= 15 is 0 Å². The summed E-state index contributed by atoms with van der Waals surface area (Å²) >= 11 is 5.76. The summed E-state index contributed by atoms with van der Waals surface area (Å²) in [6, 6.07) is 10.1. The van der Waals surface area contributed by atoms with Crippen molar-refractivity contribution in [2.24, 2.45) is 0 Å². The first kappa shape index (κ1) is 22.0. The van der Waals surface area contributed by atoms with Crippen LogP contribution in [0.15, 0.2) is 42.5 Å². The van der Waals surface area contributed by atoms with E-state index in [2.05, 4.69) is 5.32 Å². The minimum atomic E-state index is -3.59. The number of unbranched alkanes of at least 4 members (excludes halogenated alkanes) is 1. The molecule has 0 radical (unpaired) electrons. The topological polar surface area (TPSA) is 75.7 Å². The summed E-state index contributed by atoms with van der Waals surface area (Å²) in [5.41, 5.74) is 1.21. The predicted octanol–water partition coefficient (Wildman–Crippen LogP) is 4.65. The lowest BCUT2D eigenvalue weighted by Gasteiger charge is -2.23. The molecule has 0 atom stereocenters. The van der Waals surface area contributed by atoms with Crippen molar-refractivity contribution >= 4 is 33.4 Å². The van der Waals surface area contributed by atoms with E-state index < -0.39 is 15.9 Å². The van der Waals surface area contributed by atoms with Gasteiger partial charge in [-0.05, 0) is 42.3 Å². The molecular formula is C19H22ClFN2O4S. The molecule has 2 aromatic carbocycles. The summed E-state index contributed by atoms with van der Waals surface area (Å²) in [5, 5.41) is 2.64. The first-order valence-corrected chi connectivity index (χ1v) is 10.9. The molecule has 9 heteroatoms. The zero-order valence-electron chi connectivity index (χ0n) is 15.6. The highest BCUT2D eigenvalue weighted by Gasteiger charge is 2.15. The summed E-state index contributed by atoms with van der Waals surface area (Å²) in [6.07, 6.45) is 2.69. The molecule has 0 saturated carbocycles. The van der Waals surface area contributed by atoms with Crippen molar-refractivity contribution in [3.05, 3.63) is 58.9 Å². The van der Waals surface area contributed by atoms with E-state index in [9.17, 15) is 17.6 Å². The van der Waals surface area contributed by atoms with Gasteiger partial charge in [0.2, 0.25) is 0 Å². The predicted molar refractivity (Wildman–Crippen MR) is 108 cm³/mol. The summed E-state index contributed by atoms with van der Waals surface area (Å²) in [5.74, 6) is -0.351. The van der Waals surface area contributed by atoms with Crippen LogP contribution in [0.2, 0.25) is 5.02 Å². The summed E-state index contributed by atoms with van der Waals surface area (Å²) < 4.78 is 40.4. The van der Waals surface area contributed by atoms with Gasteiger partial charge in [-0.25, -0.2) is 9.18 Å². The molecule has 2 aromatic rings. The quantitative estimate of drug-likeness (QED) is 0.621. The largest absolute Gasteiger partial charge is 0.383 e. The van der Waals surface area contributed by atoms with Gasteiger partial charge in [-0.15, -0.1) is 0 Å².